The van der Waals surface area contributed by atoms with Crippen LogP contribution >= 0.6 is 0 Å². The van der Waals surface area contributed by atoms with E-state index in [0.717, 1.165) is 51.5 Å². The number of benzene rings is 2. The Kier molecular flexibility index (Phi) is 6.53. The van der Waals surface area contributed by atoms with Gasteiger partial charge < -0.3 is 15.0 Å². The number of hydrazone groups is 1. The van der Waals surface area contributed by atoms with Crippen molar-refractivity contribution in [3.8, 4) is 22.6 Å². The van der Waals surface area contributed by atoms with Gasteiger partial charge >= 0.3 is 0 Å². The first-order valence-electron chi connectivity index (χ1n) is 15.3. The van der Waals surface area contributed by atoms with Crippen LogP contribution in [0.4, 0.5) is 5.69 Å². The molecule has 0 spiro atoms. The molecule has 8 rings (SSSR count). The summed E-state index contributed by atoms with van der Waals surface area (Å²) in [6.45, 7) is 2.77. The lowest BCUT2D eigenvalue weighted by atomic mass is 9.92. The number of nitrogens with one attached hydrogen (secondary N) is 1. The van der Waals surface area contributed by atoms with Crippen LogP contribution in [0.2, 0.25) is 0 Å². The third kappa shape index (κ3) is 4.90. The van der Waals surface area contributed by atoms with Gasteiger partial charge in [0.2, 0.25) is 0 Å². The smallest absolute Gasteiger partial charge is 0.141 e. The number of nitrogens with zero attached hydrogens (tertiary/aromatic N) is 6. The van der Waals surface area contributed by atoms with E-state index in [4.69, 9.17) is 15.1 Å². The van der Waals surface area contributed by atoms with Crippen LogP contribution in [0, 0.1) is 0 Å². The molecule has 2 fully saturated rings. The second-order valence-electron chi connectivity index (χ2n) is 12.2. The van der Waals surface area contributed by atoms with Crippen molar-refractivity contribution in [2.24, 2.45) is 5.10 Å². The second-order valence-corrected chi connectivity index (χ2v) is 12.2. The van der Waals surface area contributed by atoms with E-state index < -0.39 is 0 Å². The lowest BCUT2D eigenvalue weighted by molar-refractivity contribution is 0.250. The molecule has 1 aliphatic carbocycles. The maximum absolute atomic E-state index is 10.7. The third-order valence-electron chi connectivity index (χ3n) is 9.30. The average Bonchev–Trinajstić information content (AvgIpc) is 3.81. The quantitative estimate of drug-likeness (QED) is 0.252. The molecule has 2 N–H and O–H groups in total. The molecule has 2 aliphatic heterocycles. The number of aromatic amines is 1. The molecule has 216 valence electrons. The molecule has 43 heavy (non-hydrogen) atoms. The van der Waals surface area contributed by atoms with E-state index in [9.17, 15) is 5.11 Å². The molecule has 1 saturated carbocycles. The van der Waals surface area contributed by atoms with Crippen molar-refractivity contribution in [3.05, 3.63) is 94.9 Å². The number of rotatable bonds is 6. The molecule has 2 aromatic carbocycles. The monoisotopic (exact) mass is 569 g/mol. The molecule has 8 heteroatoms. The van der Waals surface area contributed by atoms with Crippen molar-refractivity contribution >= 4 is 22.9 Å². The van der Waals surface area contributed by atoms with Crippen LogP contribution in [0.25, 0.3) is 33.7 Å². The number of aromatic nitrogens is 4. The summed E-state index contributed by atoms with van der Waals surface area (Å²) in [5, 5.41) is 18.3. The highest BCUT2D eigenvalue weighted by Gasteiger charge is 2.26. The highest BCUT2D eigenvalue weighted by molar-refractivity contribution is 5.95. The summed E-state index contributed by atoms with van der Waals surface area (Å²) < 4.78 is 0. The van der Waals surface area contributed by atoms with Crippen LogP contribution < -0.4 is 5.01 Å². The van der Waals surface area contributed by atoms with Crippen LogP contribution in [0.5, 0.6) is 0 Å². The Labute approximate surface area is 251 Å². The van der Waals surface area contributed by atoms with E-state index in [-0.39, 0.29) is 6.61 Å². The third-order valence-corrected chi connectivity index (χ3v) is 9.30. The number of aliphatic hydroxyl groups excluding tert-OH is 1. The predicted molar refractivity (Wildman–Crippen MR) is 170 cm³/mol. The minimum Gasteiger partial charge on any atom is -0.392 e. The molecule has 8 nitrogen and oxygen atoms in total. The van der Waals surface area contributed by atoms with Gasteiger partial charge in [-0.3, -0.25) is 9.99 Å². The molecule has 1 atom stereocenters. The van der Waals surface area contributed by atoms with Crippen LogP contribution in [0.15, 0.2) is 72.2 Å². The number of aliphatic hydroxyl groups is 1. The molecular formula is C35H35N7O. The van der Waals surface area contributed by atoms with Gasteiger partial charge in [0, 0.05) is 29.3 Å². The van der Waals surface area contributed by atoms with E-state index in [1.807, 2.05) is 35.6 Å². The van der Waals surface area contributed by atoms with E-state index in [1.165, 1.54) is 54.5 Å². The number of hydrogen-bond donors (Lipinski definition) is 2. The summed E-state index contributed by atoms with van der Waals surface area (Å²) in [5.41, 5.74) is 11.0. The highest BCUT2D eigenvalue weighted by atomic mass is 16.3. The first kappa shape index (κ1) is 26.2. The number of fused-ring (bicyclic) bond motifs is 2. The fourth-order valence-corrected chi connectivity index (χ4v) is 6.77. The SMILES string of the molecule is CN1CCCC(c2ccc(-c3cc4c(-c5cccc(N6Cc7ccc(C8CC8)cc7C=N6)c5CO)ncnc4[nH]3)nc2)C1. The Balaban J connectivity index is 1.11. The molecule has 5 aromatic rings. The van der Waals surface area contributed by atoms with E-state index in [1.54, 1.807) is 6.33 Å². The summed E-state index contributed by atoms with van der Waals surface area (Å²) in [5.74, 6) is 1.25. The molecule has 3 aromatic heterocycles. The van der Waals surface area contributed by atoms with Crippen molar-refractivity contribution in [2.75, 3.05) is 25.1 Å². The first-order valence-corrected chi connectivity index (χ1v) is 15.3. The van der Waals surface area contributed by atoms with Crippen molar-refractivity contribution in [1.82, 2.24) is 24.8 Å². The van der Waals surface area contributed by atoms with Gasteiger partial charge in [-0.1, -0.05) is 30.3 Å². The maximum atomic E-state index is 10.7. The molecule has 0 radical (unpaired) electrons. The number of H-pyrrole nitrogens is 1. The van der Waals surface area contributed by atoms with Gasteiger partial charge in [0.1, 0.15) is 12.0 Å². The summed E-state index contributed by atoms with van der Waals surface area (Å²) in [6, 6.07) is 19.2. The van der Waals surface area contributed by atoms with Crippen LogP contribution in [-0.2, 0) is 13.2 Å². The van der Waals surface area contributed by atoms with Crippen molar-refractivity contribution in [3.63, 3.8) is 0 Å². The predicted octanol–water partition coefficient (Wildman–Crippen LogP) is 6.22. The fraction of sp³-hybridized carbons (Fsp3) is 0.314. The zero-order valence-electron chi connectivity index (χ0n) is 24.4. The molecule has 5 heterocycles. The van der Waals surface area contributed by atoms with E-state index in [2.05, 4.69) is 58.3 Å². The minimum absolute atomic E-state index is 0.132. The number of likely N-dealkylation sites (tertiary alicyclic amines) is 1. The summed E-state index contributed by atoms with van der Waals surface area (Å²) in [4.78, 5) is 19.9. The largest absolute Gasteiger partial charge is 0.392 e. The Morgan fingerprint density at radius 1 is 0.953 bits per heavy atom. The fourth-order valence-electron chi connectivity index (χ4n) is 6.77. The van der Waals surface area contributed by atoms with E-state index >= 15 is 0 Å². The van der Waals surface area contributed by atoms with Gasteiger partial charge in [0.25, 0.3) is 0 Å². The molecule has 0 bridgehead atoms. The zero-order chi connectivity index (χ0) is 28.9. The Hall–Kier alpha value is -4.40. The van der Waals surface area contributed by atoms with Gasteiger partial charge in [-0.25, -0.2) is 9.97 Å². The van der Waals surface area contributed by atoms with Crippen LogP contribution in [-0.4, -0.2) is 56.3 Å². The van der Waals surface area contributed by atoms with Crippen molar-refractivity contribution in [1.29, 1.82) is 0 Å². The lowest BCUT2D eigenvalue weighted by Crippen LogP contribution is -2.30. The normalized spacial score (nSPS) is 18.7. The zero-order valence-corrected chi connectivity index (χ0v) is 24.4. The number of likely N-dealkylation sites (N-methyl/N-ethyl adjacent to an activating group) is 1. The highest BCUT2D eigenvalue weighted by Crippen LogP contribution is 2.41. The van der Waals surface area contributed by atoms with Gasteiger partial charge in [0.15, 0.2) is 0 Å². The van der Waals surface area contributed by atoms with Crippen LogP contribution in [0.3, 0.4) is 0 Å². The van der Waals surface area contributed by atoms with Gasteiger partial charge in [-0.2, -0.15) is 5.10 Å². The topological polar surface area (TPSA) is 93.5 Å². The lowest BCUT2D eigenvalue weighted by Gasteiger charge is -2.29. The summed E-state index contributed by atoms with van der Waals surface area (Å²) in [6.07, 6.45) is 10.6. The minimum atomic E-state index is -0.132. The molecule has 1 unspecified atom stereocenters. The van der Waals surface area contributed by atoms with Gasteiger partial charge in [0.05, 0.1) is 42.1 Å². The number of pyridine rings is 1. The van der Waals surface area contributed by atoms with Crippen molar-refractivity contribution < 1.29 is 5.11 Å². The first-order chi connectivity index (χ1) is 21.1. The standard InChI is InChI=1S/C35H35N7O/c1-41-13-3-4-25(18-41)24-11-12-31(36-16-24)32-15-29-34(37-21-38-35(29)40-32)28-5-2-6-33(30(28)20-43)42-19-26-10-9-23(22-7-8-22)14-27(26)17-39-42/h2,5-6,9-12,14-17,21-22,25,43H,3-4,7-8,13,18-20H2,1H3,(H,37,38,40). The number of hydrogen-bond acceptors (Lipinski definition) is 7. The molecular weight excluding hydrogens is 534 g/mol. The van der Waals surface area contributed by atoms with Gasteiger partial charge in [-0.05, 0) is 97.6 Å². The molecule has 3 aliphatic rings. The Morgan fingerprint density at radius 3 is 2.67 bits per heavy atom. The summed E-state index contributed by atoms with van der Waals surface area (Å²) >= 11 is 0. The van der Waals surface area contributed by atoms with Crippen molar-refractivity contribution in [2.45, 2.75) is 50.7 Å². The Bertz CT molecular complexity index is 1840. The summed E-state index contributed by atoms with van der Waals surface area (Å²) in [7, 11) is 2.19. The van der Waals surface area contributed by atoms with Gasteiger partial charge in [-0.15, -0.1) is 0 Å². The number of piperidine rings is 1. The second kappa shape index (κ2) is 10.7. The molecule has 1 saturated heterocycles. The maximum Gasteiger partial charge on any atom is 0.141 e. The average molecular weight is 570 g/mol. The van der Waals surface area contributed by atoms with E-state index in [0.29, 0.717) is 18.4 Å². The Morgan fingerprint density at radius 2 is 1.86 bits per heavy atom. The van der Waals surface area contributed by atoms with Crippen LogP contribution in [0.1, 0.15) is 65.3 Å². The number of anilines is 1. The molecule has 0 amide bonds.